The molecule has 0 heterocycles. The van der Waals surface area contributed by atoms with Gasteiger partial charge in [-0.3, -0.25) is 0 Å². The van der Waals surface area contributed by atoms with E-state index in [1.807, 2.05) is 18.7 Å². The number of hydrogen-bond donors (Lipinski definition) is 1. The summed E-state index contributed by atoms with van der Waals surface area (Å²) in [6.45, 7) is 12.9. The molecule has 21 heavy (non-hydrogen) atoms. The van der Waals surface area contributed by atoms with Crippen LogP contribution in [0, 0.1) is 5.92 Å². The molecule has 0 aromatic heterocycles. The Balaban J connectivity index is 2.81. The Morgan fingerprint density at radius 1 is 1.14 bits per heavy atom. The molecule has 1 aromatic carbocycles. The molecule has 1 aromatic rings. The van der Waals surface area contributed by atoms with Crippen LogP contribution in [0.1, 0.15) is 52.6 Å². The SMILES string of the molecule is CCCNC(CSC(C)C(C)C)c1ccccc1OCC. The minimum atomic E-state index is 0.360. The van der Waals surface area contributed by atoms with E-state index >= 15 is 0 Å². The van der Waals surface area contributed by atoms with Gasteiger partial charge in [-0.2, -0.15) is 11.8 Å². The molecule has 0 saturated carbocycles. The van der Waals surface area contributed by atoms with E-state index in [2.05, 4.69) is 57.3 Å². The standard InChI is InChI=1S/C18H31NOS/c1-6-12-19-17(13-21-15(5)14(3)4)16-10-8-9-11-18(16)20-7-2/h8-11,14-15,17,19H,6-7,12-13H2,1-5H3. The van der Waals surface area contributed by atoms with Crippen LogP contribution in [0.25, 0.3) is 0 Å². The van der Waals surface area contributed by atoms with E-state index in [-0.39, 0.29) is 0 Å². The van der Waals surface area contributed by atoms with E-state index in [0.29, 0.717) is 23.8 Å². The molecule has 0 fully saturated rings. The van der Waals surface area contributed by atoms with Crippen LogP contribution in [0.2, 0.25) is 0 Å². The fourth-order valence-corrected chi connectivity index (χ4v) is 3.25. The van der Waals surface area contributed by atoms with Crippen molar-refractivity contribution in [1.82, 2.24) is 5.32 Å². The van der Waals surface area contributed by atoms with E-state index in [1.165, 1.54) is 5.56 Å². The molecule has 0 spiro atoms. The number of hydrogen-bond acceptors (Lipinski definition) is 3. The zero-order chi connectivity index (χ0) is 15.7. The molecular weight excluding hydrogens is 278 g/mol. The van der Waals surface area contributed by atoms with E-state index in [0.717, 1.165) is 24.5 Å². The number of para-hydroxylation sites is 1. The van der Waals surface area contributed by atoms with Gasteiger partial charge in [0.1, 0.15) is 5.75 Å². The quantitative estimate of drug-likeness (QED) is 0.664. The highest BCUT2D eigenvalue weighted by atomic mass is 32.2. The summed E-state index contributed by atoms with van der Waals surface area (Å²) in [5.74, 6) is 2.82. The van der Waals surface area contributed by atoms with Crippen LogP contribution in [-0.2, 0) is 0 Å². The molecule has 0 saturated heterocycles. The zero-order valence-electron chi connectivity index (χ0n) is 14.2. The second kappa shape index (κ2) is 10.1. The van der Waals surface area contributed by atoms with Gasteiger partial charge in [-0.1, -0.05) is 45.9 Å². The maximum Gasteiger partial charge on any atom is 0.124 e. The first kappa shape index (κ1) is 18.4. The van der Waals surface area contributed by atoms with Crippen molar-refractivity contribution in [2.75, 3.05) is 18.9 Å². The van der Waals surface area contributed by atoms with Crippen LogP contribution in [0.3, 0.4) is 0 Å². The molecule has 2 atom stereocenters. The third-order valence-electron chi connectivity index (χ3n) is 3.70. The lowest BCUT2D eigenvalue weighted by molar-refractivity contribution is 0.332. The van der Waals surface area contributed by atoms with Crippen molar-refractivity contribution in [1.29, 1.82) is 0 Å². The van der Waals surface area contributed by atoms with Crippen LogP contribution in [0.4, 0.5) is 0 Å². The summed E-state index contributed by atoms with van der Waals surface area (Å²) in [5, 5.41) is 4.35. The van der Waals surface area contributed by atoms with Crippen LogP contribution in [0.15, 0.2) is 24.3 Å². The van der Waals surface area contributed by atoms with Gasteiger partial charge in [0.2, 0.25) is 0 Å². The second-order valence-electron chi connectivity index (χ2n) is 5.76. The van der Waals surface area contributed by atoms with Crippen LogP contribution in [-0.4, -0.2) is 24.2 Å². The summed E-state index contributed by atoms with van der Waals surface area (Å²) in [6.07, 6.45) is 1.15. The highest BCUT2D eigenvalue weighted by Gasteiger charge is 2.17. The number of ether oxygens (including phenoxy) is 1. The monoisotopic (exact) mass is 309 g/mol. The molecule has 0 radical (unpaired) electrons. The summed E-state index contributed by atoms with van der Waals surface area (Å²) in [5.41, 5.74) is 1.29. The predicted octanol–water partition coefficient (Wildman–Crippen LogP) is 4.90. The molecule has 0 amide bonds. The van der Waals surface area contributed by atoms with Gasteiger partial charge < -0.3 is 10.1 Å². The Morgan fingerprint density at radius 3 is 2.48 bits per heavy atom. The van der Waals surface area contributed by atoms with Crippen molar-refractivity contribution >= 4 is 11.8 Å². The maximum atomic E-state index is 5.80. The molecule has 3 heteroatoms. The molecule has 0 aliphatic rings. The number of thioether (sulfide) groups is 1. The summed E-state index contributed by atoms with van der Waals surface area (Å²) in [4.78, 5) is 0. The lowest BCUT2D eigenvalue weighted by atomic mass is 10.1. The first-order valence-electron chi connectivity index (χ1n) is 8.16. The van der Waals surface area contributed by atoms with Crippen molar-refractivity contribution in [3.63, 3.8) is 0 Å². The van der Waals surface area contributed by atoms with Gasteiger partial charge in [-0.15, -0.1) is 0 Å². The van der Waals surface area contributed by atoms with Crippen LogP contribution >= 0.6 is 11.8 Å². The Hall–Kier alpha value is -0.670. The molecule has 120 valence electrons. The highest BCUT2D eigenvalue weighted by Crippen LogP contribution is 2.30. The Bertz CT molecular complexity index is 395. The van der Waals surface area contributed by atoms with E-state index in [9.17, 15) is 0 Å². The largest absolute Gasteiger partial charge is 0.494 e. The normalized spacial score (nSPS) is 14.2. The van der Waals surface area contributed by atoms with Crippen LogP contribution in [0.5, 0.6) is 5.75 Å². The third-order valence-corrected chi connectivity index (χ3v) is 5.30. The number of benzene rings is 1. The van der Waals surface area contributed by atoms with Crippen molar-refractivity contribution in [2.45, 2.75) is 52.3 Å². The minimum absolute atomic E-state index is 0.360. The van der Waals surface area contributed by atoms with Crippen molar-refractivity contribution < 1.29 is 4.74 Å². The third kappa shape index (κ3) is 6.31. The Labute approximate surface area is 135 Å². The molecule has 2 nitrogen and oxygen atoms in total. The smallest absolute Gasteiger partial charge is 0.124 e. The molecule has 1 N–H and O–H groups in total. The van der Waals surface area contributed by atoms with Crippen molar-refractivity contribution in [2.24, 2.45) is 5.92 Å². The van der Waals surface area contributed by atoms with Crippen molar-refractivity contribution in [3.05, 3.63) is 29.8 Å². The van der Waals surface area contributed by atoms with E-state index in [1.54, 1.807) is 0 Å². The average Bonchev–Trinajstić information content (AvgIpc) is 2.48. The highest BCUT2D eigenvalue weighted by molar-refractivity contribution is 7.99. The van der Waals surface area contributed by atoms with Crippen molar-refractivity contribution in [3.8, 4) is 5.75 Å². The van der Waals surface area contributed by atoms with Gasteiger partial charge in [0.05, 0.1) is 6.61 Å². The van der Waals surface area contributed by atoms with Gasteiger partial charge in [0.25, 0.3) is 0 Å². The van der Waals surface area contributed by atoms with Gasteiger partial charge in [0.15, 0.2) is 0 Å². The molecule has 2 unspecified atom stereocenters. The molecule has 1 rings (SSSR count). The number of nitrogens with one attached hydrogen (secondary N) is 1. The average molecular weight is 310 g/mol. The first-order chi connectivity index (χ1) is 10.1. The fourth-order valence-electron chi connectivity index (χ4n) is 2.07. The zero-order valence-corrected chi connectivity index (χ0v) is 15.0. The topological polar surface area (TPSA) is 21.3 Å². The summed E-state index contributed by atoms with van der Waals surface area (Å²) in [7, 11) is 0. The predicted molar refractivity (Wildman–Crippen MR) is 95.4 cm³/mol. The van der Waals surface area contributed by atoms with E-state index < -0.39 is 0 Å². The summed E-state index contributed by atoms with van der Waals surface area (Å²) in [6, 6.07) is 8.79. The second-order valence-corrected chi connectivity index (χ2v) is 7.17. The Morgan fingerprint density at radius 2 is 1.86 bits per heavy atom. The molecule has 0 aliphatic heterocycles. The van der Waals surface area contributed by atoms with Gasteiger partial charge in [0, 0.05) is 22.6 Å². The Kier molecular flexibility index (Phi) is 8.86. The minimum Gasteiger partial charge on any atom is -0.494 e. The molecule has 0 aliphatic carbocycles. The summed E-state index contributed by atoms with van der Waals surface area (Å²) >= 11 is 2.05. The molecular formula is C18H31NOS. The maximum absolute atomic E-state index is 5.80. The first-order valence-corrected chi connectivity index (χ1v) is 9.21. The lowest BCUT2D eigenvalue weighted by Gasteiger charge is -2.24. The van der Waals surface area contributed by atoms with Gasteiger partial charge in [-0.25, -0.2) is 0 Å². The number of rotatable bonds is 10. The van der Waals surface area contributed by atoms with E-state index in [4.69, 9.17) is 4.74 Å². The summed E-state index contributed by atoms with van der Waals surface area (Å²) < 4.78 is 5.80. The molecule has 0 bridgehead atoms. The fraction of sp³-hybridized carbons (Fsp3) is 0.667. The van der Waals surface area contributed by atoms with Gasteiger partial charge in [-0.05, 0) is 31.9 Å². The lowest BCUT2D eigenvalue weighted by Crippen LogP contribution is -2.26. The van der Waals surface area contributed by atoms with Gasteiger partial charge >= 0.3 is 0 Å². The van der Waals surface area contributed by atoms with Crippen LogP contribution < -0.4 is 10.1 Å².